The monoisotopic (exact) mass is 673 g/mol. The zero-order valence-corrected chi connectivity index (χ0v) is 30.6. The van der Waals surface area contributed by atoms with Crippen LogP contribution >= 0.6 is 0 Å². The summed E-state index contributed by atoms with van der Waals surface area (Å²) in [6, 6.07) is 58.9. The van der Waals surface area contributed by atoms with E-state index in [1.807, 2.05) is 0 Å². The molecule has 0 spiro atoms. The molecule has 1 aliphatic carbocycles. The van der Waals surface area contributed by atoms with Gasteiger partial charge in [-0.2, -0.15) is 0 Å². The number of nitrogens with zero attached hydrogens (tertiary/aromatic N) is 1. The highest BCUT2D eigenvalue weighted by atomic mass is 15.1. The van der Waals surface area contributed by atoms with Crippen molar-refractivity contribution < 1.29 is 0 Å². The molecule has 2 atom stereocenters. The number of anilines is 3. The van der Waals surface area contributed by atoms with Crippen LogP contribution in [0.25, 0.3) is 28.0 Å². The fourth-order valence-corrected chi connectivity index (χ4v) is 8.09. The van der Waals surface area contributed by atoms with Crippen molar-refractivity contribution in [2.75, 3.05) is 4.90 Å². The summed E-state index contributed by atoms with van der Waals surface area (Å²) in [5.74, 6) is 0.904. The van der Waals surface area contributed by atoms with E-state index < -0.39 is 0 Å². The Morgan fingerprint density at radius 1 is 0.538 bits per heavy atom. The lowest BCUT2D eigenvalue weighted by Gasteiger charge is -2.27. The molecular formula is C51H47N. The normalized spacial score (nSPS) is 13.4. The second-order valence-electron chi connectivity index (χ2n) is 14.8. The molecule has 7 aromatic carbocycles. The van der Waals surface area contributed by atoms with E-state index in [0.29, 0.717) is 11.8 Å². The number of benzene rings is 7. The summed E-state index contributed by atoms with van der Waals surface area (Å²) in [5, 5.41) is 2.62. The van der Waals surface area contributed by atoms with Crippen LogP contribution in [0.1, 0.15) is 58.2 Å². The lowest BCUT2D eigenvalue weighted by atomic mass is 9.79. The summed E-state index contributed by atoms with van der Waals surface area (Å²) >= 11 is 0. The van der Waals surface area contributed by atoms with E-state index in [0.717, 1.165) is 31.4 Å². The van der Waals surface area contributed by atoms with E-state index in [1.54, 1.807) is 0 Å². The third-order valence-electron chi connectivity index (χ3n) is 10.9. The molecule has 7 aromatic rings. The molecular weight excluding hydrogens is 627 g/mol. The molecule has 0 unspecified atom stereocenters. The highest BCUT2D eigenvalue weighted by molar-refractivity contribution is 5.83. The van der Waals surface area contributed by atoms with Crippen molar-refractivity contribution in [2.45, 2.75) is 52.4 Å². The molecule has 1 nitrogen and oxygen atoms in total. The van der Waals surface area contributed by atoms with Gasteiger partial charge in [-0.05, 0) is 143 Å². The molecule has 0 fully saturated rings. The molecule has 256 valence electrons. The lowest BCUT2D eigenvalue weighted by molar-refractivity contribution is 0.453. The molecule has 0 aliphatic heterocycles. The molecule has 0 saturated heterocycles. The van der Waals surface area contributed by atoms with Crippen LogP contribution in [0.5, 0.6) is 0 Å². The van der Waals surface area contributed by atoms with Gasteiger partial charge in [0.25, 0.3) is 0 Å². The third kappa shape index (κ3) is 7.37. The van der Waals surface area contributed by atoms with E-state index >= 15 is 0 Å². The maximum absolute atomic E-state index is 2.43. The zero-order chi connectivity index (χ0) is 35.4. The van der Waals surface area contributed by atoms with Crippen molar-refractivity contribution in [3.8, 4) is 11.1 Å². The minimum Gasteiger partial charge on any atom is -0.310 e. The quantitative estimate of drug-likeness (QED) is 0.140. The van der Waals surface area contributed by atoms with Crippen molar-refractivity contribution in [1.82, 2.24) is 0 Å². The third-order valence-corrected chi connectivity index (χ3v) is 10.9. The van der Waals surface area contributed by atoms with Crippen LogP contribution in [0.3, 0.4) is 0 Å². The predicted octanol–water partition coefficient (Wildman–Crippen LogP) is 13.8. The van der Waals surface area contributed by atoms with Crippen LogP contribution in [0.4, 0.5) is 17.1 Å². The molecule has 0 amide bonds. The molecule has 8 rings (SSSR count). The number of aryl methyl sites for hydroxylation is 3. The number of allylic oxidation sites excluding steroid dienone is 1. The average molecular weight is 674 g/mol. The summed E-state index contributed by atoms with van der Waals surface area (Å²) in [6.45, 7) is 6.80. The molecule has 0 saturated carbocycles. The lowest BCUT2D eigenvalue weighted by Crippen LogP contribution is -2.15. The smallest absolute Gasteiger partial charge is 0.0467 e. The average Bonchev–Trinajstić information content (AvgIpc) is 3.17. The molecule has 1 heteroatoms. The number of hydrogen-bond donors (Lipinski definition) is 0. The Labute approximate surface area is 309 Å². The Balaban J connectivity index is 1.02. The summed E-state index contributed by atoms with van der Waals surface area (Å²) in [6.07, 6.45) is 8.86. The first-order valence-corrected chi connectivity index (χ1v) is 18.9. The van der Waals surface area contributed by atoms with Crippen LogP contribution in [-0.2, 0) is 19.3 Å². The van der Waals surface area contributed by atoms with Gasteiger partial charge in [-0.1, -0.05) is 146 Å². The molecule has 0 aromatic heterocycles. The van der Waals surface area contributed by atoms with Gasteiger partial charge in [0.05, 0.1) is 0 Å². The topological polar surface area (TPSA) is 3.24 Å². The summed E-state index contributed by atoms with van der Waals surface area (Å²) in [4.78, 5) is 2.38. The fraction of sp³-hybridized carbons (Fsp3) is 0.176. The van der Waals surface area contributed by atoms with E-state index in [4.69, 9.17) is 0 Å². The van der Waals surface area contributed by atoms with E-state index in [2.05, 4.69) is 196 Å². The maximum Gasteiger partial charge on any atom is 0.0467 e. The minimum absolute atomic E-state index is 0.427. The van der Waals surface area contributed by atoms with Gasteiger partial charge >= 0.3 is 0 Å². The first kappa shape index (κ1) is 33.5. The van der Waals surface area contributed by atoms with Gasteiger partial charge in [-0.3, -0.25) is 0 Å². The van der Waals surface area contributed by atoms with Gasteiger partial charge < -0.3 is 4.90 Å². The summed E-state index contributed by atoms with van der Waals surface area (Å²) in [5.41, 5.74) is 15.6. The maximum atomic E-state index is 2.43. The predicted molar refractivity (Wildman–Crippen MR) is 223 cm³/mol. The first-order valence-electron chi connectivity index (χ1n) is 18.9. The van der Waals surface area contributed by atoms with Crippen molar-refractivity contribution >= 4 is 33.9 Å². The Kier molecular flexibility index (Phi) is 9.60. The first-order chi connectivity index (χ1) is 25.5. The Hall–Kier alpha value is -5.66. The van der Waals surface area contributed by atoms with Gasteiger partial charge in [-0.25, -0.2) is 0 Å². The van der Waals surface area contributed by atoms with Crippen molar-refractivity contribution in [2.24, 2.45) is 5.92 Å². The van der Waals surface area contributed by atoms with E-state index in [9.17, 15) is 0 Å². The number of rotatable bonds is 10. The van der Waals surface area contributed by atoms with Crippen molar-refractivity contribution in [1.29, 1.82) is 0 Å². The van der Waals surface area contributed by atoms with Crippen LogP contribution < -0.4 is 4.90 Å². The van der Waals surface area contributed by atoms with E-state index in [1.165, 1.54) is 72.2 Å². The SMILES string of the molecule is Cc1cccc([C@H](Cc2ccc3ccccc3c2)[C@@H](C)Cc2ccc(-c3ccc(N(c4cccc(C)c4)c4ccc5c(c4)C=CCC5)cc3)cc2)c1. The molecule has 0 N–H and O–H groups in total. The van der Waals surface area contributed by atoms with Crippen LogP contribution in [0.15, 0.2) is 164 Å². The van der Waals surface area contributed by atoms with Gasteiger partial charge in [0.2, 0.25) is 0 Å². The molecule has 1 aliphatic rings. The van der Waals surface area contributed by atoms with Crippen LogP contribution in [0.2, 0.25) is 0 Å². The molecule has 0 heterocycles. The summed E-state index contributed by atoms with van der Waals surface area (Å²) in [7, 11) is 0. The minimum atomic E-state index is 0.427. The Morgan fingerprint density at radius 3 is 1.98 bits per heavy atom. The van der Waals surface area contributed by atoms with Crippen molar-refractivity contribution in [3.05, 3.63) is 203 Å². The number of fused-ring (bicyclic) bond motifs is 2. The van der Waals surface area contributed by atoms with Gasteiger partial charge in [0, 0.05) is 17.1 Å². The van der Waals surface area contributed by atoms with Crippen LogP contribution in [0, 0.1) is 19.8 Å². The molecule has 52 heavy (non-hydrogen) atoms. The van der Waals surface area contributed by atoms with Crippen molar-refractivity contribution in [3.63, 3.8) is 0 Å². The molecule has 0 radical (unpaired) electrons. The molecule has 0 bridgehead atoms. The van der Waals surface area contributed by atoms with Gasteiger partial charge in [0.15, 0.2) is 0 Å². The second-order valence-corrected chi connectivity index (χ2v) is 14.8. The standard InChI is InChI=1S/C51H47N/c1-36-10-8-16-47(30-36)51(34-40-20-23-41-12-4-6-14-45(41)33-40)38(3)32-39-18-21-43(22-19-39)44-24-27-48(28-25-44)52(49-17-9-11-37(2)31-49)50-29-26-42-13-5-7-15-46(42)35-50/h4,6-12,14-31,33,35,38,51H,5,13,32,34H2,1-3H3/t38-,51+/m0/s1. The zero-order valence-electron chi connectivity index (χ0n) is 30.6. The number of hydrogen-bond acceptors (Lipinski definition) is 1. The Bertz CT molecular complexity index is 2340. The summed E-state index contributed by atoms with van der Waals surface area (Å²) < 4.78 is 0. The highest BCUT2D eigenvalue weighted by Gasteiger charge is 2.21. The van der Waals surface area contributed by atoms with Gasteiger partial charge in [-0.15, -0.1) is 0 Å². The Morgan fingerprint density at radius 2 is 1.21 bits per heavy atom. The van der Waals surface area contributed by atoms with E-state index in [-0.39, 0.29) is 0 Å². The largest absolute Gasteiger partial charge is 0.310 e. The van der Waals surface area contributed by atoms with Gasteiger partial charge in [0.1, 0.15) is 0 Å². The van der Waals surface area contributed by atoms with Crippen LogP contribution in [-0.4, -0.2) is 0 Å². The fourth-order valence-electron chi connectivity index (χ4n) is 8.09. The second kappa shape index (κ2) is 14.9. The highest BCUT2D eigenvalue weighted by Crippen LogP contribution is 2.38.